The fourth-order valence-electron chi connectivity index (χ4n) is 2.46. The molecule has 0 spiro atoms. The van der Waals surface area contributed by atoms with Crippen LogP contribution in [0.3, 0.4) is 0 Å². The van der Waals surface area contributed by atoms with E-state index in [2.05, 4.69) is 15.6 Å². The van der Waals surface area contributed by atoms with Crippen molar-refractivity contribution in [3.05, 3.63) is 89.0 Å². The van der Waals surface area contributed by atoms with Crippen LogP contribution < -0.4 is 10.6 Å². The van der Waals surface area contributed by atoms with E-state index in [1.165, 1.54) is 12.3 Å². The molecule has 3 rings (SSSR count). The van der Waals surface area contributed by atoms with Gasteiger partial charge in [0.15, 0.2) is 0 Å². The minimum Gasteiger partial charge on any atom is -0.353 e. The largest absolute Gasteiger partial charge is 0.353 e. The highest BCUT2D eigenvalue weighted by molar-refractivity contribution is 6.33. The first-order valence-corrected chi connectivity index (χ1v) is 8.49. The summed E-state index contributed by atoms with van der Waals surface area (Å²) in [5.41, 5.74) is 2.36. The Kier molecular flexibility index (Phi) is 5.81. The van der Waals surface area contributed by atoms with Crippen LogP contribution in [0.25, 0.3) is 0 Å². The predicted octanol–water partition coefficient (Wildman–Crippen LogP) is 4.59. The van der Waals surface area contributed by atoms with Gasteiger partial charge in [0.25, 0.3) is 5.91 Å². The number of hydrogen-bond acceptors (Lipinski definition) is 3. The van der Waals surface area contributed by atoms with Gasteiger partial charge in [0.1, 0.15) is 5.82 Å². The quantitative estimate of drug-likeness (QED) is 0.668. The number of carbonyl (C=O) groups excluding carboxylic acids is 1. The number of hydrogen-bond donors (Lipinski definition) is 2. The monoisotopic (exact) mass is 369 g/mol. The van der Waals surface area contributed by atoms with Crippen molar-refractivity contribution in [3.8, 4) is 0 Å². The number of halogens is 2. The maximum atomic E-state index is 13.6. The molecule has 0 saturated heterocycles. The normalized spacial score (nSPS) is 10.4. The number of anilines is 2. The second-order valence-electron chi connectivity index (χ2n) is 5.66. The maximum absolute atomic E-state index is 13.6. The van der Waals surface area contributed by atoms with E-state index in [4.69, 9.17) is 11.6 Å². The smallest absolute Gasteiger partial charge is 0.252 e. The van der Waals surface area contributed by atoms with E-state index in [0.29, 0.717) is 34.8 Å². The summed E-state index contributed by atoms with van der Waals surface area (Å²) in [5, 5.41) is 6.49. The minimum absolute atomic E-state index is 0.267. The zero-order chi connectivity index (χ0) is 18.4. The van der Waals surface area contributed by atoms with Crippen LogP contribution in [0.5, 0.6) is 0 Å². The lowest BCUT2D eigenvalue weighted by Gasteiger charge is -2.10. The summed E-state index contributed by atoms with van der Waals surface area (Å²) >= 11 is 6.12. The average Bonchev–Trinajstić information content (AvgIpc) is 2.65. The molecule has 1 amide bonds. The van der Waals surface area contributed by atoms with E-state index in [9.17, 15) is 9.18 Å². The third-order valence-electron chi connectivity index (χ3n) is 3.79. The molecule has 2 aromatic carbocycles. The number of amides is 1. The van der Waals surface area contributed by atoms with Gasteiger partial charge in [0, 0.05) is 12.7 Å². The molecule has 0 unspecified atom stereocenters. The van der Waals surface area contributed by atoms with E-state index in [1.54, 1.807) is 36.5 Å². The van der Waals surface area contributed by atoms with Crippen molar-refractivity contribution in [1.82, 2.24) is 10.3 Å². The van der Waals surface area contributed by atoms with Crippen molar-refractivity contribution >= 4 is 28.9 Å². The van der Waals surface area contributed by atoms with Gasteiger partial charge in [-0.15, -0.1) is 0 Å². The molecule has 0 aliphatic rings. The minimum atomic E-state index is -0.269. The second-order valence-corrected chi connectivity index (χ2v) is 6.07. The summed E-state index contributed by atoms with van der Waals surface area (Å²) in [6.07, 6.45) is 3.51. The molecule has 0 atom stereocenters. The first-order chi connectivity index (χ1) is 12.6. The lowest BCUT2D eigenvalue weighted by atomic mass is 10.1. The fourth-order valence-corrected chi connectivity index (χ4v) is 2.65. The molecule has 132 valence electrons. The van der Waals surface area contributed by atoms with Crippen molar-refractivity contribution in [2.45, 2.75) is 6.42 Å². The van der Waals surface area contributed by atoms with Gasteiger partial charge in [-0.3, -0.25) is 9.78 Å². The molecule has 0 saturated carbocycles. The van der Waals surface area contributed by atoms with Gasteiger partial charge in [-0.05, 0) is 36.2 Å². The number of rotatable bonds is 6. The summed E-state index contributed by atoms with van der Waals surface area (Å²) < 4.78 is 13.6. The number of nitrogens with zero attached hydrogens (tertiary/aromatic N) is 1. The Morgan fingerprint density at radius 2 is 1.85 bits per heavy atom. The van der Waals surface area contributed by atoms with Crippen molar-refractivity contribution in [2.24, 2.45) is 0 Å². The predicted molar refractivity (Wildman–Crippen MR) is 101 cm³/mol. The van der Waals surface area contributed by atoms with Gasteiger partial charge in [-0.2, -0.15) is 0 Å². The topological polar surface area (TPSA) is 54.0 Å². The molecule has 0 aliphatic carbocycles. The Hall–Kier alpha value is -2.92. The van der Waals surface area contributed by atoms with E-state index >= 15 is 0 Å². The summed E-state index contributed by atoms with van der Waals surface area (Å²) in [6, 6.07) is 15.5. The number of carbonyl (C=O) groups is 1. The average molecular weight is 370 g/mol. The summed E-state index contributed by atoms with van der Waals surface area (Å²) in [4.78, 5) is 16.4. The van der Waals surface area contributed by atoms with Crippen molar-refractivity contribution in [2.75, 3.05) is 11.9 Å². The Balaban J connectivity index is 1.61. The number of pyridine rings is 1. The third kappa shape index (κ3) is 4.58. The highest BCUT2D eigenvalue weighted by atomic mass is 35.5. The molecule has 4 nitrogen and oxygen atoms in total. The SMILES string of the molecule is O=C(NCCc1ccccc1F)c1cncc(Nc2ccccc2Cl)c1. The van der Waals surface area contributed by atoms with E-state index in [-0.39, 0.29) is 11.7 Å². The molecule has 0 radical (unpaired) electrons. The molecule has 0 bridgehead atoms. The zero-order valence-corrected chi connectivity index (χ0v) is 14.6. The van der Waals surface area contributed by atoms with Crippen molar-refractivity contribution in [1.29, 1.82) is 0 Å². The first-order valence-electron chi connectivity index (χ1n) is 8.11. The van der Waals surface area contributed by atoms with Crippen molar-refractivity contribution in [3.63, 3.8) is 0 Å². The van der Waals surface area contributed by atoms with Gasteiger partial charge < -0.3 is 10.6 Å². The van der Waals surface area contributed by atoms with Crippen molar-refractivity contribution < 1.29 is 9.18 Å². The number of aromatic nitrogens is 1. The van der Waals surface area contributed by atoms with Crippen LogP contribution in [0.2, 0.25) is 5.02 Å². The number of para-hydroxylation sites is 1. The first kappa shape index (κ1) is 17.9. The molecule has 3 aromatic rings. The van der Waals surface area contributed by atoms with Crippen LogP contribution in [0.1, 0.15) is 15.9 Å². The van der Waals surface area contributed by atoms with Crippen LogP contribution in [-0.4, -0.2) is 17.4 Å². The van der Waals surface area contributed by atoms with E-state index in [1.807, 2.05) is 18.2 Å². The van der Waals surface area contributed by atoms with E-state index < -0.39 is 0 Å². The maximum Gasteiger partial charge on any atom is 0.252 e. The Morgan fingerprint density at radius 1 is 1.08 bits per heavy atom. The highest BCUT2D eigenvalue weighted by Gasteiger charge is 2.08. The number of benzene rings is 2. The van der Waals surface area contributed by atoms with Crippen LogP contribution >= 0.6 is 11.6 Å². The van der Waals surface area contributed by atoms with Crippen LogP contribution in [0.15, 0.2) is 67.0 Å². The lowest BCUT2D eigenvalue weighted by Crippen LogP contribution is -2.26. The second kappa shape index (κ2) is 8.45. The zero-order valence-electron chi connectivity index (χ0n) is 13.9. The highest BCUT2D eigenvalue weighted by Crippen LogP contribution is 2.24. The van der Waals surface area contributed by atoms with E-state index in [0.717, 1.165) is 5.69 Å². The molecular formula is C20H17ClFN3O. The van der Waals surface area contributed by atoms with Gasteiger partial charge in [0.2, 0.25) is 0 Å². The van der Waals surface area contributed by atoms with Crippen LogP contribution in [0.4, 0.5) is 15.8 Å². The van der Waals surface area contributed by atoms with Gasteiger partial charge in [-0.1, -0.05) is 41.9 Å². The number of nitrogens with one attached hydrogen (secondary N) is 2. The summed E-state index contributed by atoms with van der Waals surface area (Å²) in [7, 11) is 0. The molecule has 26 heavy (non-hydrogen) atoms. The van der Waals surface area contributed by atoms with Gasteiger partial charge in [-0.25, -0.2) is 4.39 Å². The van der Waals surface area contributed by atoms with Gasteiger partial charge in [0.05, 0.1) is 28.2 Å². The lowest BCUT2D eigenvalue weighted by molar-refractivity contribution is 0.0953. The Morgan fingerprint density at radius 3 is 2.65 bits per heavy atom. The van der Waals surface area contributed by atoms with Gasteiger partial charge >= 0.3 is 0 Å². The van der Waals surface area contributed by atoms with Crippen LogP contribution in [-0.2, 0) is 6.42 Å². The molecule has 2 N–H and O–H groups in total. The standard InChI is InChI=1S/C20H17ClFN3O/c21-17-6-2-4-8-19(17)25-16-11-15(12-23-13-16)20(26)24-10-9-14-5-1-3-7-18(14)22/h1-8,11-13,25H,9-10H2,(H,24,26). The molecule has 6 heteroatoms. The molecule has 0 aliphatic heterocycles. The molecule has 1 heterocycles. The molecular weight excluding hydrogens is 353 g/mol. The molecule has 0 fully saturated rings. The third-order valence-corrected chi connectivity index (χ3v) is 4.12. The fraction of sp³-hybridized carbons (Fsp3) is 0.100. The Labute approximate surface area is 156 Å². The van der Waals surface area contributed by atoms with Crippen LogP contribution in [0, 0.1) is 5.82 Å². The molecule has 1 aromatic heterocycles. The summed E-state index contributed by atoms with van der Waals surface area (Å²) in [6.45, 7) is 0.335. The summed E-state index contributed by atoms with van der Waals surface area (Å²) in [5.74, 6) is -0.536. The Bertz CT molecular complexity index is 917.